The van der Waals surface area contributed by atoms with Crippen LogP contribution in [0, 0.1) is 49.4 Å². The Bertz CT molecular complexity index is 1150. The minimum absolute atomic E-state index is 0.0447. The average Bonchev–Trinajstić information content (AvgIpc) is 3.08. The van der Waals surface area contributed by atoms with Gasteiger partial charge in [0.1, 0.15) is 0 Å². The van der Waals surface area contributed by atoms with Crippen LogP contribution in [0.4, 0.5) is 0 Å². The molecule has 3 N–H and O–H groups in total. The van der Waals surface area contributed by atoms with Crippen LogP contribution in [0.15, 0.2) is 40.5 Å². The minimum Gasteiger partial charge on any atom is -0.393 e. The highest BCUT2D eigenvalue weighted by Crippen LogP contribution is 2.64. The second-order valence-electron chi connectivity index (χ2n) is 11.9. The molecule has 0 heterocycles. The maximum atomic E-state index is 13.2. The number of allylic oxidation sites excluding steroid dienone is 3. The lowest BCUT2D eigenvalue weighted by atomic mass is 9.48. The molecule has 0 saturated heterocycles. The second-order valence-corrected chi connectivity index (χ2v) is 13.5. The number of hydrazine groups is 1. The molecule has 0 radical (unpaired) electrons. The lowest BCUT2D eigenvalue weighted by Gasteiger charge is -2.57. The Morgan fingerprint density at radius 3 is 2.32 bits per heavy atom. The zero-order chi connectivity index (χ0) is 24.5. The number of hydrogen-bond donors (Lipinski definition) is 3. The third-order valence-corrected chi connectivity index (χ3v) is 11.4. The van der Waals surface area contributed by atoms with E-state index in [1.165, 1.54) is 5.57 Å². The first-order valence-corrected chi connectivity index (χ1v) is 14.4. The van der Waals surface area contributed by atoms with Gasteiger partial charge in [0.15, 0.2) is 0 Å². The molecule has 4 aliphatic rings. The molecule has 3 unspecified atom stereocenters. The Labute approximate surface area is 205 Å². The summed E-state index contributed by atoms with van der Waals surface area (Å²) >= 11 is 0. The van der Waals surface area contributed by atoms with Gasteiger partial charge < -0.3 is 10.5 Å². The first-order valence-electron chi connectivity index (χ1n) is 12.9. The van der Waals surface area contributed by atoms with E-state index in [0.29, 0.717) is 22.6 Å². The molecule has 0 amide bonds. The normalized spacial score (nSPS) is 37.2. The standard InChI is InChI=1S/C28H40N2O3S/c1-17-14-18(2)26(19(3)15-17)34(32,33)30-29-25-9-8-23-22-7-6-20-16-21(31)10-12-27(20,4)24(22)11-13-28(23,25)5/h6,9,14-15,21-24,29-31H,7-8,10-13,16H2,1-5H3/t21-,22?,23?,24?,27-,28-/m0/s1. The number of benzene rings is 1. The molecule has 1 aromatic rings. The maximum absolute atomic E-state index is 13.2. The van der Waals surface area contributed by atoms with Crippen LogP contribution >= 0.6 is 0 Å². The maximum Gasteiger partial charge on any atom is 0.257 e. The second kappa shape index (κ2) is 8.21. The van der Waals surface area contributed by atoms with E-state index in [1.807, 2.05) is 32.9 Å². The molecule has 5 nitrogen and oxygen atoms in total. The predicted molar refractivity (Wildman–Crippen MR) is 135 cm³/mol. The number of aliphatic hydroxyl groups is 1. The summed E-state index contributed by atoms with van der Waals surface area (Å²) in [4.78, 5) is 3.09. The molecule has 34 heavy (non-hydrogen) atoms. The summed E-state index contributed by atoms with van der Waals surface area (Å²) in [5.74, 6) is 1.78. The van der Waals surface area contributed by atoms with Crippen molar-refractivity contribution in [3.8, 4) is 0 Å². The monoisotopic (exact) mass is 484 g/mol. The van der Waals surface area contributed by atoms with Crippen LogP contribution < -0.4 is 10.3 Å². The molecule has 6 heteroatoms. The van der Waals surface area contributed by atoms with Crippen molar-refractivity contribution in [2.75, 3.05) is 0 Å². The van der Waals surface area contributed by atoms with Crippen LogP contribution in [0.1, 0.15) is 75.5 Å². The molecule has 0 aromatic heterocycles. The summed E-state index contributed by atoms with van der Waals surface area (Å²) < 4.78 is 26.5. The van der Waals surface area contributed by atoms with E-state index >= 15 is 0 Å². The van der Waals surface area contributed by atoms with Crippen molar-refractivity contribution in [2.24, 2.45) is 28.6 Å². The van der Waals surface area contributed by atoms with Gasteiger partial charge >= 0.3 is 0 Å². The van der Waals surface area contributed by atoms with Crippen molar-refractivity contribution in [1.82, 2.24) is 10.3 Å². The summed E-state index contributed by atoms with van der Waals surface area (Å²) in [7, 11) is -3.68. The summed E-state index contributed by atoms with van der Waals surface area (Å²) in [6, 6.07) is 3.84. The van der Waals surface area contributed by atoms with Gasteiger partial charge in [-0.3, -0.25) is 0 Å². The zero-order valence-electron chi connectivity index (χ0n) is 21.2. The number of nitrogens with one attached hydrogen (secondary N) is 2. The molecule has 0 aliphatic heterocycles. The number of aliphatic hydroxyl groups excluding tert-OH is 1. The molecule has 2 fully saturated rings. The van der Waals surface area contributed by atoms with Crippen LogP contribution in [-0.4, -0.2) is 19.6 Å². The van der Waals surface area contributed by atoms with Crippen molar-refractivity contribution < 1.29 is 13.5 Å². The third kappa shape index (κ3) is 3.68. The zero-order valence-corrected chi connectivity index (χ0v) is 22.1. The van der Waals surface area contributed by atoms with Gasteiger partial charge in [-0.25, -0.2) is 8.42 Å². The van der Waals surface area contributed by atoms with Crippen LogP contribution in [-0.2, 0) is 10.0 Å². The van der Waals surface area contributed by atoms with Crippen molar-refractivity contribution >= 4 is 10.0 Å². The predicted octanol–water partition coefficient (Wildman–Crippen LogP) is 5.21. The molecule has 0 spiro atoms. The SMILES string of the molecule is Cc1cc(C)c(S(=O)(=O)NNC2=CCC3C4CC=C5C[C@@H](O)CC[C@]5(C)C4CC[C@]23C)c(C)c1. The molecule has 4 aliphatic carbocycles. The Balaban J connectivity index is 1.34. The quantitative estimate of drug-likeness (QED) is 0.405. The highest BCUT2D eigenvalue weighted by atomic mass is 32.2. The average molecular weight is 485 g/mol. The molecule has 5 rings (SSSR count). The van der Waals surface area contributed by atoms with Gasteiger partial charge in [0.25, 0.3) is 10.0 Å². The molecule has 2 saturated carbocycles. The Morgan fingerprint density at radius 2 is 1.62 bits per heavy atom. The summed E-state index contributed by atoms with van der Waals surface area (Å²) in [5.41, 5.74) is 8.46. The van der Waals surface area contributed by atoms with E-state index in [0.717, 1.165) is 67.3 Å². The van der Waals surface area contributed by atoms with Crippen molar-refractivity contribution in [3.05, 3.63) is 52.2 Å². The van der Waals surface area contributed by atoms with Gasteiger partial charge in [-0.15, -0.1) is 4.83 Å². The smallest absolute Gasteiger partial charge is 0.257 e. The number of sulfonamides is 1. The molecule has 186 valence electrons. The van der Waals surface area contributed by atoms with Crippen molar-refractivity contribution in [2.45, 2.75) is 90.6 Å². The Kier molecular flexibility index (Phi) is 5.81. The van der Waals surface area contributed by atoms with Gasteiger partial charge in [-0.05, 0) is 100 Å². The van der Waals surface area contributed by atoms with Crippen LogP contribution in [0.25, 0.3) is 0 Å². The minimum atomic E-state index is -3.68. The van der Waals surface area contributed by atoms with Crippen LogP contribution in [0.2, 0.25) is 0 Å². The molecule has 1 aromatic carbocycles. The van der Waals surface area contributed by atoms with Crippen molar-refractivity contribution in [1.29, 1.82) is 0 Å². The first kappa shape index (κ1) is 24.1. The fourth-order valence-corrected chi connectivity index (χ4v) is 9.48. The summed E-state index contributed by atoms with van der Waals surface area (Å²) in [6.07, 6.45) is 11.6. The van der Waals surface area contributed by atoms with Crippen LogP contribution in [0.5, 0.6) is 0 Å². The number of rotatable bonds is 4. The molecular formula is C28H40N2O3S. The largest absolute Gasteiger partial charge is 0.393 e. The van der Waals surface area contributed by atoms with Gasteiger partial charge in [0.05, 0.1) is 11.0 Å². The highest BCUT2D eigenvalue weighted by molar-refractivity contribution is 7.89. The van der Waals surface area contributed by atoms with E-state index in [1.54, 1.807) is 0 Å². The molecular weight excluding hydrogens is 444 g/mol. The van der Waals surface area contributed by atoms with E-state index < -0.39 is 10.0 Å². The fourth-order valence-electron chi connectivity index (χ4n) is 8.17. The number of fused-ring (bicyclic) bond motifs is 5. The van der Waals surface area contributed by atoms with Crippen LogP contribution in [0.3, 0.4) is 0 Å². The van der Waals surface area contributed by atoms with E-state index in [2.05, 4.69) is 36.3 Å². The fraction of sp³-hybridized carbons (Fsp3) is 0.643. The molecule has 0 bridgehead atoms. The van der Waals surface area contributed by atoms with E-state index in [4.69, 9.17) is 0 Å². The highest BCUT2D eigenvalue weighted by Gasteiger charge is 2.56. The lowest BCUT2D eigenvalue weighted by molar-refractivity contribution is -0.0311. The van der Waals surface area contributed by atoms with Gasteiger partial charge in [0, 0.05) is 11.1 Å². The van der Waals surface area contributed by atoms with Gasteiger partial charge in [-0.2, -0.15) is 0 Å². The van der Waals surface area contributed by atoms with Gasteiger partial charge in [0.2, 0.25) is 0 Å². The van der Waals surface area contributed by atoms with E-state index in [9.17, 15) is 13.5 Å². The van der Waals surface area contributed by atoms with Gasteiger partial charge in [-0.1, -0.05) is 49.3 Å². The number of aryl methyl sites for hydroxylation is 3. The topological polar surface area (TPSA) is 78.4 Å². The summed E-state index contributed by atoms with van der Waals surface area (Å²) in [6.45, 7) is 10.5. The van der Waals surface area contributed by atoms with E-state index in [-0.39, 0.29) is 16.9 Å². The first-order chi connectivity index (χ1) is 16.0. The third-order valence-electron chi connectivity index (χ3n) is 9.85. The lowest BCUT2D eigenvalue weighted by Crippen LogP contribution is -2.51. The Morgan fingerprint density at radius 1 is 0.941 bits per heavy atom. The summed E-state index contributed by atoms with van der Waals surface area (Å²) in [5, 5.41) is 10.2. The number of hydrogen-bond acceptors (Lipinski definition) is 4. The van der Waals surface area contributed by atoms with Crippen molar-refractivity contribution in [3.63, 3.8) is 0 Å². The molecule has 6 atom stereocenters. The Hall–Kier alpha value is -1.63.